The number of benzene rings is 1. The van der Waals surface area contributed by atoms with Crippen molar-refractivity contribution in [2.24, 2.45) is 0 Å². The maximum Gasteiger partial charge on any atom is 0.251 e. The van der Waals surface area contributed by atoms with E-state index in [1.165, 1.54) is 0 Å². The minimum Gasteiger partial charge on any atom is -0.355 e. The smallest absolute Gasteiger partial charge is 0.251 e. The minimum atomic E-state index is -0.267. The number of nitrogens with zero attached hydrogens (tertiary/aromatic N) is 2. The first-order valence-electron chi connectivity index (χ1n) is 9.35. The normalized spacial score (nSPS) is 19.8. The number of carbonyl (C=O) groups is 2. The predicted molar refractivity (Wildman–Crippen MR) is 103 cm³/mol. The molecule has 0 radical (unpaired) electrons. The maximum atomic E-state index is 12.8. The van der Waals surface area contributed by atoms with E-state index >= 15 is 0 Å². The molecule has 2 aromatic rings. The van der Waals surface area contributed by atoms with Crippen LogP contribution in [-0.4, -0.2) is 51.9 Å². The van der Waals surface area contributed by atoms with Gasteiger partial charge in [-0.3, -0.25) is 14.5 Å². The van der Waals surface area contributed by atoms with Crippen LogP contribution in [0.4, 0.5) is 0 Å². The monoisotopic (exact) mass is 369 g/mol. The fourth-order valence-corrected chi connectivity index (χ4v) is 3.58. The highest BCUT2D eigenvalue weighted by Crippen LogP contribution is 2.21. The first kappa shape index (κ1) is 19.1. The van der Waals surface area contributed by atoms with Gasteiger partial charge in [-0.05, 0) is 38.8 Å². The second-order valence-electron chi connectivity index (χ2n) is 7.14. The minimum absolute atomic E-state index is 0.000463. The zero-order valence-corrected chi connectivity index (χ0v) is 16.1. The molecule has 1 fully saturated rings. The number of likely N-dealkylation sites (tertiary alicyclic amines) is 1. The van der Waals surface area contributed by atoms with Gasteiger partial charge in [0.25, 0.3) is 5.91 Å². The lowest BCUT2D eigenvalue weighted by atomic mass is 10.0. The molecule has 0 aliphatic carbocycles. The molecule has 7 heteroatoms. The Kier molecular flexibility index (Phi) is 5.91. The number of aryl methyl sites for hydroxylation is 2. The van der Waals surface area contributed by atoms with Gasteiger partial charge in [-0.15, -0.1) is 0 Å². The summed E-state index contributed by atoms with van der Waals surface area (Å²) in [6, 6.07) is 5.52. The third-order valence-corrected chi connectivity index (χ3v) is 4.96. The van der Waals surface area contributed by atoms with Crippen molar-refractivity contribution < 1.29 is 9.59 Å². The van der Waals surface area contributed by atoms with Gasteiger partial charge in [0.1, 0.15) is 0 Å². The molecule has 1 aliphatic heterocycles. The summed E-state index contributed by atoms with van der Waals surface area (Å²) in [6.07, 6.45) is 3.99. The van der Waals surface area contributed by atoms with Gasteiger partial charge in [-0.25, -0.2) is 4.98 Å². The second-order valence-corrected chi connectivity index (χ2v) is 7.14. The molecule has 2 amide bonds. The van der Waals surface area contributed by atoms with Gasteiger partial charge in [0.2, 0.25) is 5.91 Å². The van der Waals surface area contributed by atoms with Gasteiger partial charge >= 0.3 is 0 Å². The van der Waals surface area contributed by atoms with Crippen LogP contribution in [0.15, 0.2) is 30.7 Å². The van der Waals surface area contributed by atoms with E-state index in [-0.39, 0.29) is 23.9 Å². The molecule has 1 aliphatic rings. The van der Waals surface area contributed by atoms with E-state index in [4.69, 9.17) is 0 Å². The molecule has 144 valence electrons. The Balaban J connectivity index is 1.71. The van der Waals surface area contributed by atoms with Crippen LogP contribution in [0.1, 0.15) is 40.5 Å². The van der Waals surface area contributed by atoms with Gasteiger partial charge in [-0.2, -0.15) is 0 Å². The number of amides is 2. The molecular formula is C20H27N5O2. The summed E-state index contributed by atoms with van der Waals surface area (Å²) < 4.78 is 0. The molecule has 1 aromatic carbocycles. The fraction of sp³-hybridized carbons (Fsp3) is 0.450. The Morgan fingerprint density at radius 3 is 2.85 bits per heavy atom. The zero-order valence-electron chi connectivity index (χ0n) is 16.1. The number of H-pyrrole nitrogens is 1. The van der Waals surface area contributed by atoms with E-state index in [9.17, 15) is 9.59 Å². The number of hydrogen-bond acceptors (Lipinski definition) is 4. The van der Waals surface area contributed by atoms with Gasteiger partial charge in [0, 0.05) is 43.1 Å². The molecule has 3 N–H and O–H groups in total. The van der Waals surface area contributed by atoms with E-state index in [1.807, 2.05) is 39.0 Å². The lowest BCUT2D eigenvalue weighted by Gasteiger charge is -2.22. The van der Waals surface area contributed by atoms with Crippen LogP contribution < -0.4 is 10.6 Å². The Morgan fingerprint density at radius 2 is 2.15 bits per heavy atom. The standard InChI is InChI=1S/C20H27N5O2/c1-4-22-20(27)18-8-15(10-25(18)11-16-9-21-12-23-16)24-19(26)17-7-13(2)5-6-14(17)3/h5-7,9,12,15,18H,4,8,10-11H2,1-3H3,(H,21,23)(H,22,27)(H,24,26)/t15-,18-/m0/s1. The first-order chi connectivity index (χ1) is 13.0. The van der Waals surface area contributed by atoms with Crippen molar-refractivity contribution in [2.45, 2.75) is 45.8 Å². The second kappa shape index (κ2) is 8.35. The van der Waals surface area contributed by atoms with Crippen LogP contribution in [0, 0.1) is 13.8 Å². The molecular weight excluding hydrogens is 342 g/mol. The van der Waals surface area contributed by atoms with E-state index in [0.29, 0.717) is 31.6 Å². The van der Waals surface area contributed by atoms with Gasteiger partial charge in [0.05, 0.1) is 12.4 Å². The Morgan fingerprint density at radius 1 is 1.33 bits per heavy atom. The van der Waals surface area contributed by atoms with Gasteiger partial charge < -0.3 is 15.6 Å². The lowest BCUT2D eigenvalue weighted by molar-refractivity contribution is -0.125. The van der Waals surface area contributed by atoms with Crippen LogP contribution >= 0.6 is 0 Å². The SMILES string of the molecule is CCNC(=O)[C@@H]1C[C@H](NC(=O)c2cc(C)ccc2C)CN1Cc1cnc[nH]1. The Hall–Kier alpha value is -2.67. The van der Waals surface area contributed by atoms with Crippen molar-refractivity contribution in [3.63, 3.8) is 0 Å². The Labute approximate surface area is 159 Å². The molecule has 0 spiro atoms. The van der Waals surface area contributed by atoms with Crippen LogP contribution in [-0.2, 0) is 11.3 Å². The molecule has 1 aromatic heterocycles. The summed E-state index contributed by atoms with van der Waals surface area (Å²) in [5.41, 5.74) is 3.64. The maximum absolute atomic E-state index is 12.8. The first-order valence-corrected chi connectivity index (χ1v) is 9.35. The van der Waals surface area contributed by atoms with Crippen molar-refractivity contribution >= 4 is 11.8 Å². The van der Waals surface area contributed by atoms with Crippen LogP contribution in [0.2, 0.25) is 0 Å². The zero-order chi connectivity index (χ0) is 19.4. The predicted octanol–water partition coefficient (Wildman–Crippen LogP) is 1.54. The molecule has 2 heterocycles. The van der Waals surface area contributed by atoms with E-state index in [0.717, 1.165) is 16.8 Å². The van der Waals surface area contributed by atoms with Crippen LogP contribution in [0.25, 0.3) is 0 Å². The van der Waals surface area contributed by atoms with Gasteiger partial charge in [-0.1, -0.05) is 17.7 Å². The number of likely N-dealkylation sites (N-methyl/N-ethyl adjacent to an activating group) is 1. The average Bonchev–Trinajstić information content (AvgIpc) is 3.27. The highest BCUT2D eigenvalue weighted by Gasteiger charge is 2.37. The number of hydrogen-bond donors (Lipinski definition) is 3. The fourth-order valence-electron chi connectivity index (χ4n) is 3.58. The molecule has 1 saturated heterocycles. The van der Waals surface area contributed by atoms with E-state index in [1.54, 1.807) is 12.5 Å². The summed E-state index contributed by atoms with van der Waals surface area (Å²) >= 11 is 0. The van der Waals surface area contributed by atoms with Crippen molar-refractivity contribution in [2.75, 3.05) is 13.1 Å². The van der Waals surface area contributed by atoms with Crippen molar-refractivity contribution in [3.8, 4) is 0 Å². The third-order valence-electron chi connectivity index (χ3n) is 4.96. The molecule has 0 bridgehead atoms. The van der Waals surface area contributed by atoms with Crippen molar-refractivity contribution in [3.05, 3.63) is 53.1 Å². The number of carbonyl (C=O) groups excluding carboxylic acids is 2. The number of aromatic amines is 1. The number of nitrogens with one attached hydrogen (secondary N) is 3. The number of aromatic nitrogens is 2. The third kappa shape index (κ3) is 4.54. The van der Waals surface area contributed by atoms with E-state index in [2.05, 4.69) is 25.5 Å². The van der Waals surface area contributed by atoms with Crippen molar-refractivity contribution in [1.29, 1.82) is 0 Å². The summed E-state index contributed by atoms with van der Waals surface area (Å²) in [6.45, 7) is 7.63. The molecule has 7 nitrogen and oxygen atoms in total. The van der Waals surface area contributed by atoms with Crippen LogP contribution in [0.5, 0.6) is 0 Å². The molecule has 0 unspecified atom stereocenters. The topological polar surface area (TPSA) is 90.1 Å². The Bertz CT molecular complexity index is 803. The van der Waals surface area contributed by atoms with Gasteiger partial charge in [0.15, 0.2) is 0 Å². The number of rotatable bonds is 6. The van der Waals surface area contributed by atoms with Crippen molar-refractivity contribution in [1.82, 2.24) is 25.5 Å². The number of imidazole rings is 1. The van der Waals surface area contributed by atoms with E-state index < -0.39 is 0 Å². The molecule has 27 heavy (non-hydrogen) atoms. The quantitative estimate of drug-likeness (QED) is 0.720. The average molecular weight is 369 g/mol. The molecule has 2 atom stereocenters. The largest absolute Gasteiger partial charge is 0.355 e. The van der Waals surface area contributed by atoms with Crippen LogP contribution in [0.3, 0.4) is 0 Å². The molecule has 0 saturated carbocycles. The highest BCUT2D eigenvalue weighted by molar-refractivity contribution is 5.96. The summed E-state index contributed by atoms with van der Waals surface area (Å²) in [5.74, 6) is -0.0836. The highest BCUT2D eigenvalue weighted by atomic mass is 16.2. The lowest BCUT2D eigenvalue weighted by Crippen LogP contribution is -2.42. The molecule has 3 rings (SSSR count). The summed E-state index contributed by atoms with van der Waals surface area (Å²) in [4.78, 5) is 34.5. The summed E-state index contributed by atoms with van der Waals surface area (Å²) in [5, 5.41) is 6.01. The summed E-state index contributed by atoms with van der Waals surface area (Å²) in [7, 11) is 0.